The summed E-state index contributed by atoms with van der Waals surface area (Å²) in [5.41, 5.74) is 1.97. The van der Waals surface area contributed by atoms with Gasteiger partial charge in [-0.15, -0.1) is 0 Å². The average molecular weight is 434 g/mol. The lowest BCUT2D eigenvalue weighted by atomic mass is 9.98. The van der Waals surface area contributed by atoms with Crippen molar-refractivity contribution in [1.82, 2.24) is 15.1 Å². The number of benzene rings is 2. The summed E-state index contributed by atoms with van der Waals surface area (Å²) in [5.74, 6) is -0.317. The number of ether oxygens (including phenoxy) is 1. The standard InChI is InChI=1S/C25H27N3O4/c1-32-22-10-9-16(15-28-24(30)17-6-2-3-7-18(17)25(28)31)14-19(22)23(29)26-20-11-13-27-12-5-4-8-21(20)27/h2-3,6-7,9-10,14,20-21H,4-5,8,11-13,15H2,1H3,(H,26,29)/t20-,21-/m1/s1. The zero-order valence-corrected chi connectivity index (χ0v) is 18.2. The molecular formula is C25H27N3O4. The van der Waals surface area contributed by atoms with Crippen LogP contribution in [0.1, 0.15) is 62.3 Å². The van der Waals surface area contributed by atoms with E-state index in [4.69, 9.17) is 4.74 Å². The fourth-order valence-electron chi connectivity index (χ4n) is 5.26. The number of nitrogens with one attached hydrogen (secondary N) is 1. The summed E-state index contributed by atoms with van der Waals surface area (Å²) in [4.78, 5) is 42.3. The summed E-state index contributed by atoms with van der Waals surface area (Å²) in [6.45, 7) is 2.24. The summed E-state index contributed by atoms with van der Waals surface area (Å²) >= 11 is 0. The van der Waals surface area contributed by atoms with Crippen LogP contribution in [0.15, 0.2) is 42.5 Å². The minimum absolute atomic E-state index is 0.108. The van der Waals surface area contributed by atoms with E-state index in [0.717, 1.165) is 25.9 Å². The van der Waals surface area contributed by atoms with E-state index in [9.17, 15) is 14.4 Å². The van der Waals surface area contributed by atoms with Crippen LogP contribution in [0.5, 0.6) is 5.75 Å². The highest BCUT2D eigenvalue weighted by molar-refractivity contribution is 6.21. The molecule has 7 heteroatoms. The second-order valence-corrected chi connectivity index (χ2v) is 8.74. The van der Waals surface area contributed by atoms with Gasteiger partial charge in [0.2, 0.25) is 0 Å². The number of hydrogen-bond acceptors (Lipinski definition) is 5. The number of hydrogen-bond donors (Lipinski definition) is 1. The molecule has 2 aromatic rings. The van der Waals surface area contributed by atoms with Crippen LogP contribution in [-0.4, -0.2) is 59.8 Å². The zero-order chi connectivity index (χ0) is 22.2. The van der Waals surface area contributed by atoms with Crippen molar-refractivity contribution in [1.29, 1.82) is 0 Å². The molecule has 0 unspecified atom stereocenters. The van der Waals surface area contributed by atoms with Crippen molar-refractivity contribution < 1.29 is 19.1 Å². The van der Waals surface area contributed by atoms with Crippen LogP contribution < -0.4 is 10.1 Å². The third-order valence-corrected chi connectivity index (χ3v) is 6.90. The molecular weight excluding hydrogens is 406 g/mol. The number of carbonyl (C=O) groups excluding carboxylic acids is 3. The van der Waals surface area contributed by atoms with Crippen LogP contribution >= 0.6 is 0 Å². The lowest BCUT2D eigenvalue weighted by Crippen LogP contribution is -2.46. The van der Waals surface area contributed by atoms with E-state index in [1.807, 2.05) is 0 Å². The van der Waals surface area contributed by atoms with E-state index in [1.165, 1.54) is 24.9 Å². The SMILES string of the molecule is COc1ccc(CN2C(=O)c3ccccc3C2=O)cc1C(=O)N[C@@H]1CCN2CCCC[C@H]12. The van der Waals surface area contributed by atoms with Crippen LogP contribution in [0.2, 0.25) is 0 Å². The van der Waals surface area contributed by atoms with Gasteiger partial charge in [-0.25, -0.2) is 0 Å². The maximum absolute atomic E-state index is 13.2. The lowest BCUT2D eigenvalue weighted by molar-refractivity contribution is 0.0642. The lowest BCUT2D eigenvalue weighted by Gasteiger charge is -2.32. The van der Waals surface area contributed by atoms with Crippen LogP contribution in [0.25, 0.3) is 0 Å². The van der Waals surface area contributed by atoms with Gasteiger partial charge in [-0.05, 0) is 55.6 Å². The van der Waals surface area contributed by atoms with E-state index in [-0.39, 0.29) is 30.3 Å². The number of rotatable bonds is 5. The second kappa shape index (κ2) is 8.39. The first-order valence-electron chi connectivity index (χ1n) is 11.2. The number of amides is 3. The van der Waals surface area contributed by atoms with Crippen LogP contribution in [0.4, 0.5) is 0 Å². The second-order valence-electron chi connectivity index (χ2n) is 8.74. The minimum atomic E-state index is -0.309. The van der Waals surface area contributed by atoms with Crippen molar-refractivity contribution in [2.75, 3.05) is 20.2 Å². The van der Waals surface area contributed by atoms with Crippen molar-refractivity contribution in [3.63, 3.8) is 0 Å². The molecule has 7 nitrogen and oxygen atoms in total. The molecule has 2 saturated heterocycles. The van der Waals surface area contributed by atoms with Crippen LogP contribution in [-0.2, 0) is 6.54 Å². The third kappa shape index (κ3) is 3.56. The molecule has 0 aliphatic carbocycles. The Kier molecular flexibility index (Phi) is 5.43. The van der Waals surface area contributed by atoms with Gasteiger partial charge < -0.3 is 10.1 Å². The number of nitrogens with zero attached hydrogens (tertiary/aromatic N) is 2. The van der Waals surface area contributed by atoms with Gasteiger partial charge in [0.1, 0.15) is 5.75 Å². The normalized spacial score (nSPS) is 22.6. The van der Waals surface area contributed by atoms with Crippen LogP contribution in [0.3, 0.4) is 0 Å². The fraction of sp³-hybridized carbons (Fsp3) is 0.400. The Morgan fingerprint density at radius 2 is 1.78 bits per heavy atom. The fourth-order valence-corrected chi connectivity index (χ4v) is 5.26. The molecule has 2 atom stereocenters. The summed E-state index contributed by atoms with van der Waals surface area (Å²) in [6.07, 6.45) is 4.49. The monoisotopic (exact) mass is 433 g/mol. The van der Waals surface area contributed by atoms with Gasteiger partial charge in [-0.2, -0.15) is 0 Å². The van der Waals surface area contributed by atoms with Gasteiger partial charge in [0.15, 0.2) is 0 Å². The Bertz CT molecular complexity index is 1050. The smallest absolute Gasteiger partial charge is 0.261 e. The molecule has 1 N–H and O–H groups in total. The molecule has 0 radical (unpaired) electrons. The number of carbonyl (C=O) groups is 3. The molecule has 0 bridgehead atoms. The van der Waals surface area contributed by atoms with Gasteiger partial charge >= 0.3 is 0 Å². The Morgan fingerprint density at radius 1 is 1.03 bits per heavy atom. The van der Waals surface area contributed by atoms with E-state index in [2.05, 4.69) is 10.2 Å². The largest absolute Gasteiger partial charge is 0.496 e. The molecule has 3 heterocycles. The molecule has 5 rings (SSSR count). The minimum Gasteiger partial charge on any atom is -0.496 e. The summed E-state index contributed by atoms with van der Waals surface area (Å²) < 4.78 is 5.44. The summed E-state index contributed by atoms with van der Waals surface area (Å²) in [7, 11) is 1.54. The topological polar surface area (TPSA) is 78.9 Å². The van der Waals surface area contributed by atoms with Gasteiger partial charge in [0, 0.05) is 18.6 Å². The van der Waals surface area contributed by atoms with Crippen molar-refractivity contribution in [2.24, 2.45) is 0 Å². The summed E-state index contributed by atoms with van der Waals surface area (Å²) in [6, 6.07) is 12.6. The van der Waals surface area contributed by atoms with Gasteiger partial charge in [-0.3, -0.25) is 24.2 Å². The Morgan fingerprint density at radius 3 is 2.50 bits per heavy atom. The first kappa shape index (κ1) is 20.7. The molecule has 0 saturated carbocycles. The Labute approximate surface area is 187 Å². The van der Waals surface area contributed by atoms with E-state index in [0.29, 0.717) is 34.0 Å². The van der Waals surface area contributed by atoms with Crippen molar-refractivity contribution in [3.05, 3.63) is 64.7 Å². The van der Waals surface area contributed by atoms with Gasteiger partial charge in [0.25, 0.3) is 17.7 Å². The Hall–Kier alpha value is -3.19. The highest BCUT2D eigenvalue weighted by atomic mass is 16.5. The highest BCUT2D eigenvalue weighted by Gasteiger charge is 2.37. The molecule has 3 aliphatic heterocycles. The molecule has 166 valence electrons. The van der Waals surface area contributed by atoms with Gasteiger partial charge in [-0.1, -0.05) is 24.6 Å². The van der Waals surface area contributed by atoms with E-state index < -0.39 is 0 Å². The number of imide groups is 1. The first-order chi connectivity index (χ1) is 15.6. The molecule has 32 heavy (non-hydrogen) atoms. The van der Waals surface area contributed by atoms with E-state index in [1.54, 1.807) is 42.5 Å². The number of methoxy groups -OCH3 is 1. The number of piperidine rings is 1. The van der Waals surface area contributed by atoms with Crippen molar-refractivity contribution in [3.8, 4) is 5.75 Å². The molecule has 0 spiro atoms. The quantitative estimate of drug-likeness (QED) is 0.734. The zero-order valence-electron chi connectivity index (χ0n) is 18.2. The van der Waals surface area contributed by atoms with Gasteiger partial charge in [0.05, 0.1) is 30.3 Å². The predicted molar refractivity (Wildman–Crippen MR) is 119 cm³/mol. The first-order valence-corrected chi connectivity index (χ1v) is 11.2. The van der Waals surface area contributed by atoms with Crippen LogP contribution in [0, 0.1) is 0 Å². The third-order valence-electron chi connectivity index (χ3n) is 6.90. The predicted octanol–water partition coefficient (Wildman–Crippen LogP) is 2.85. The maximum Gasteiger partial charge on any atom is 0.261 e. The highest BCUT2D eigenvalue weighted by Crippen LogP contribution is 2.29. The average Bonchev–Trinajstić information content (AvgIpc) is 3.34. The molecule has 0 aromatic heterocycles. The summed E-state index contributed by atoms with van der Waals surface area (Å²) in [5, 5.41) is 3.21. The molecule has 3 amide bonds. The number of fused-ring (bicyclic) bond motifs is 2. The van der Waals surface area contributed by atoms with E-state index >= 15 is 0 Å². The Balaban J connectivity index is 1.35. The van der Waals surface area contributed by atoms with Crippen molar-refractivity contribution >= 4 is 17.7 Å². The molecule has 2 fully saturated rings. The van der Waals surface area contributed by atoms with Crippen molar-refractivity contribution in [2.45, 2.75) is 44.3 Å². The molecule has 2 aromatic carbocycles. The maximum atomic E-state index is 13.2. The molecule has 3 aliphatic rings.